The van der Waals surface area contributed by atoms with Gasteiger partial charge < -0.3 is 4.74 Å². The van der Waals surface area contributed by atoms with Crippen LogP contribution in [0.4, 0.5) is 0 Å². The SMILES string of the molecule is CCOC(C[P+](P)(OCC)OCC)=C1CC1. The molecule has 0 aromatic carbocycles. The Morgan fingerprint density at radius 2 is 1.69 bits per heavy atom. The molecule has 1 unspecified atom stereocenters. The van der Waals surface area contributed by atoms with Gasteiger partial charge in [0.2, 0.25) is 0 Å². The lowest BCUT2D eigenvalue weighted by molar-refractivity contribution is 0.219. The van der Waals surface area contributed by atoms with Crippen LogP contribution in [0.1, 0.15) is 33.6 Å². The average molecular weight is 265 g/mol. The van der Waals surface area contributed by atoms with E-state index in [9.17, 15) is 0 Å². The highest BCUT2D eigenvalue weighted by Crippen LogP contribution is 2.69. The highest BCUT2D eigenvalue weighted by molar-refractivity contribution is 8.19. The molecule has 0 aromatic heterocycles. The molecule has 0 aliphatic heterocycles. The first-order valence-corrected chi connectivity index (χ1v) is 9.37. The smallest absolute Gasteiger partial charge is 0.292 e. The molecule has 1 rings (SSSR count). The second-order valence-corrected chi connectivity index (χ2v) is 8.32. The largest absolute Gasteiger partial charge is 0.494 e. The van der Waals surface area contributed by atoms with E-state index >= 15 is 0 Å². The Kier molecular flexibility index (Phi) is 6.21. The minimum atomic E-state index is -1.84. The maximum absolute atomic E-state index is 5.76. The van der Waals surface area contributed by atoms with Gasteiger partial charge in [0.15, 0.2) is 6.16 Å². The number of hydrogen-bond acceptors (Lipinski definition) is 3. The highest BCUT2D eigenvalue weighted by Gasteiger charge is 2.39. The first-order chi connectivity index (χ1) is 7.65. The molecule has 5 heteroatoms. The monoisotopic (exact) mass is 265 g/mol. The van der Waals surface area contributed by atoms with Crippen LogP contribution in [0.2, 0.25) is 0 Å². The van der Waals surface area contributed by atoms with E-state index in [-0.39, 0.29) is 0 Å². The molecule has 0 spiro atoms. The van der Waals surface area contributed by atoms with Crippen molar-refractivity contribution in [2.45, 2.75) is 33.6 Å². The summed E-state index contributed by atoms with van der Waals surface area (Å²) in [6.07, 6.45) is 3.15. The summed E-state index contributed by atoms with van der Waals surface area (Å²) in [5.74, 6) is 1.10. The first-order valence-electron chi connectivity index (χ1n) is 5.94. The molecule has 94 valence electrons. The average Bonchev–Trinajstić information content (AvgIpc) is 3.00. The third-order valence-corrected chi connectivity index (χ3v) is 5.83. The van der Waals surface area contributed by atoms with Crippen molar-refractivity contribution < 1.29 is 13.8 Å². The number of rotatable bonds is 8. The molecule has 1 aliphatic carbocycles. The maximum atomic E-state index is 5.76. The summed E-state index contributed by atoms with van der Waals surface area (Å²) in [7, 11) is 0.942. The molecule has 0 aromatic rings. The van der Waals surface area contributed by atoms with E-state index in [4.69, 9.17) is 13.8 Å². The zero-order valence-corrected chi connectivity index (χ0v) is 12.5. The Morgan fingerprint density at radius 1 is 1.12 bits per heavy atom. The molecule has 0 radical (unpaired) electrons. The van der Waals surface area contributed by atoms with Crippen LogP contribution >= 0.6 is 16.3 Å². The van der Waals surface area contributed by atoms with Gasteiger partial charge >= 0.3 is 0 Å². The van der Waals surface area contributed by atoms with Crippen LogP contribution in [0, 0.1) is 0 Å². The summed E-state index contributed by atoms with van der Waals surface area (Å²) in [6.45, 7) is 8.12. The van der Waals surface area contributed by atoms with Gasteiger partial charge in [-0.3, -0.25) is 0 Å². The minimum absolute atomic E-state index is 0.687. The molecule has 1 aliphatic rings. The lowest BCUT2D eigenvalue weighted by atomic mass is 10.5. The van der Waals surface area contributed by atoms with Crippen LogP contribution in [0.25, 0.3) is 0 Å². The molecule has 1 fully saturated rings. The summed E-state index contributed by atoms with van der Waals surface area (Å²) in [4.78, 5) is 0. The molecule has 0 saturated heterocycles. The van der Waals surface area contributed by atoms with Crippen LogP contribution < -0.4 is 0 Å². The molecule has 0 bridgehead atoms. The fourth-order valence-corrected chi connectivity index (χ4v) is 4.78. The Balaban J connectivity index is 2.61. The maximum Gasteiger partial charge on any atom is 0.292 e. The van der Waals surface area contributed by atoms with Crippen molar-refractivity contribution in [2.75, 3.05) is 26.0 Å². The fraction of sp³-hybridized carbons (Fsp3) is 0.818. The van der Waals surface area contributed by atoms with Crippen molar-refractivity contribution in [1.82, 2.24) is 0 Å². The van der Waals surface area contributed by atoms with Crippen LogP contribution in [0.5, 0.6) is 0 Å². The van der Waals surface area contributed by atoms with Crippen molar-refractivity contribution in [3.05, 3.63) is 11.3 Å². The van der Waals surface area contributed by atoms with Crippen LogP contribution in [-0.2, 0) is 13.8 Å². The van der Waals surface area contributed by atoms with E-state index in [0.717, 1.165) is 18.5 Å². The Bertz CT molecular complexity index is 242. The Morgan fingerprint density at radius 3 is 2.06 bits per heavy atom. The Hall–Kier alpha value is 0.320. The third-order valence-electron chi connectivity index (χ3n) is 2.27. The quantitative estimate of drug-likeness (QED) is 0.493. The predicted octanol–water partition coefficient (Wildman–Crippen LogP) is 3.78. The van der Waals surface area contributed by atoms with Gasteiger partial charge in [-0.1, -0.05) is 0 Å². The van der Waals surface area contributed by atoms with E-state index in [1.165, 1.54) is 18.4 Å². The summed E-state index contributed by atoms with van der Waals surface area (Å²) < 4.78 is 17.2. The van der Waals surface area contributed by atoms with E-state index in [0.29, 0.717) is 13.2 Å². The highest BCUT2D eigenvalue weighted by atomic mass is 32.1. The summed E-state index contributed by atoms with van der Waals surface area (Å²) in [6, 6.07) is 0. The van der Waals surface area contributed by atoms with Crippen LogP contribution in [0.15, 0.2) is 11.3 Å². The molecule has 0 amide bonds. The van der Waals surface area contributed by atoms with Crippen molar-refractivity contribution in [3.63, 3.8) is 0 Å². The van der Waals surface area contributed by atoms with E-state index in [2.05, 4.69) is 8.93 Å². The van der Waals surface area contributed by atoms with Gasteiger partial charge in [-0.25, -0.2) is 9.05 Å². The zero-order chi connectivity index (χ0) is 12.0. The molecule has 0 heterocycles. The molecule has 3 nitrogen and oxygen atoms in total. The predicted molar refractivity (Wildman–Crippen MR) is 72.6 cm³/mol. The van der Waals surface area contributed by atoms with Crippen LogP contribution in [-0.4, -0.2) is 26.0 Å². The van der Waals surface area contributed by atoms with Crippen molar-refractivity contribution in [1.29, 1.82) is 0 Å². The van der Waals surface area contributed by atoms with Gasteiger partial charge in [-0.15, -0.1) is 0 Å². The van der Waals surface area contributed by atoms with Crippen LogP contribution in [0.3, 0.4) is 0 Å². The minimum Gasteiger partial charge on any atom is -0.494 e. The molecule has 0 N–H and O–H groups in total. The number of hydrogen-bond donors (Lipinski definition) is 0. The normalized spacial score (nSPS) is 15.1. The third kappa shape index (κ3) is 4.67. The number of allylic oxidation sites excluding steroid dienone is 2. The van der Waals surface area contributed by atoms with E-state index < -0.39 is 7.40 Å². The molecule has 1 atom stereocenters. The van der Waals surface area contributed by atoms with Gasteiger partial charge in [-0.2, -0.15) is 0 Å². The van der Waals surface area contributed by atoms with Gasteiger partial charge in [0.25, 0.3) is 7.40 Å². The summed E-state index contributed by atoms with van der Waals surface area (Å²) in [5, 5.41) is 0. The summed E-state index contributed by atoms with van der Waals surface area (Å²) >= 11 is 0. The molecular formula is C11H23O3P2+. The summed E-state index contributed by atoms with van der Waals surface area (Å²) in [5.41, 5.74) is 1.44. The second kappa shape index (κ2) is 6.91. The topological polar surface area (TPSA) is 27.7 Å². The molecule has 16 heavy (non-hydrogen) atoms. The molecule has 1 saturated carbocycles. The van der Waals surface area contributed by atoms with E-state index in [1.807, 2.05) is 20.8 Å². The molecular weight excluding hydrogens is 242 g/mol. The standard InChI is InChI=1S/C11H23O3P2/c1-4-12-11(10-7-8-10)9-16(15,13-5-2)14-6-3/h4-9,15H2,1-3H3/q+1. The Labute approximate surface area is 102 Å². The fourth-order valence-electron chi connectivity index (χ4n) is 1.54. The second-order valence-electron chi connectivity index (χ2n) is 3.68. The van der Waals surface area contributed by atoms with Gasteiger partial charge in [0.05, 0.1) is 28.7 Å². The van der Waals surface area contributed by atoms with Crippen molar-refractivity contribution in [2.24, 2.45) is 0 Å². The first kappa shape index (κ1) is 14.4. The van der Waals surface area contributed by atoms with Gasteiger partial charge in [0, 0.05) is 0 Å². The van der Waals surface area contributed by atoms with Gasteiger partial charge in [0.1, 0.15) is 5.76 Å². The van der Waals surface area contributed by atoms with E-state index in [1.54, 1.807) is 0 Å². The number of ether oxygens (including phenoxy) is 1. The van der Waals surface area contributed by atoms with Crippen molar-refractivity contribution in [3.8, 4) is 0 Å². The zero-order valence-electron chi connectivity index (χ0n) is 10.5. The lowest BCUT2D eigenvalue weighted by Gasteiger charge is -2.20. The lowest BCUT2D eigenvalue weighted by Crippen LogP contribution is -2.06. The van der Waals surface area contributed by atoms with Gasteiger partial charge in [-0.05, 0) is 39.2 Å². The van der Waals surface area contributed by atoms with Crippen molar-refractivity contribution >= 4 is 16.3 Å².